The van der Waals surface area contributed by atoms with E-state index in [-0.39, 0.29) is 5.63 Å². The lowest BCUT2D eigenvalue weighted by Gasteiger charge is -2.36. The molecule has 0 spiro atoms. The molecule has 4 nitrogen and oxygen atoms in total. The molecule has 1 aromatic heterocycles. The SMILES string of the molecule is C[Si](C)(C)O[Si](C)(/C=C\c1cc(=O)oc2ccccc12)O[Si](C)(C)C. The maximum Gasteiger partial charge on any atom is 0.341 e. The molecule has 0 bridgehead atoms. The van der Waals surface area contributed by atoms with Crippen molar-refractivity contribution in [1.82, 2.24) is 0 Å². The van der Waals surface area contributed by atoms with E-state index in [2.05, 4.69) is 51.5 Å². The fourth-order valence-electron chi connectivity index (χ4n) is 2.82. The minimum atomic E-state index is -2.50. The van der Waals surface area contributed by atoms with Gasteiger partial charge in [-0.1, -0.05) is 24.3 Å². The largest absolute Gasteiger partial charge is 0.434 e. The number of benzene rings is 1. The van der Waals surface area contributed by atoms with Crippen molar-refractivity contribution < 1.29 is 12.6 Å². The Balaban J connectivity index is 2.47. The van der Waals surface area contributed by atoms with Crippen LogP contribution in [0.15, 0.2) is 45.2 Å². The highest BCUT2D eigenvalue weighted by Gasteiger charge is 2.38. The third-order valence-corrected chi connectivity index (χ3v) is 12.2. The van der Waals surface area contributed by atoms with E-state index in [1.54, 1.807) is 0 Å². The number of para-hydroxylation sites is 1. The van der Waals surface area contributed by atoms with Crippen molar-refractivity contribution in [3.05, 3.63) is 52.0 Å². The summed E-state index contributed by atoms with van der Waals surface area (Å²) >= 11 is 0. The second-order valence-corrected chi connectivity index (χ2v) is 20.7. The Labute approximate surface area is 153 Å². The first-order valence-electron chi connectivity index (χ1n) is 8.49. The third kappa shape index (κ3) is 6.19. The zero-order chi connectivity index (χ0) is 18.9. The van der Waals surface area contributed by atoms with Gasteiger partial charge in [0.25, 0.3) is 0 Å². The number of hydrogen-bond acceptors (Lipinski definition) is 4. The fraction of sp³-hybridized carbons (Fsp3) is 0.389. The van der Waals surface area contributed by atoms with E-state index < -0.39 is 25.2 Å². The summed E-state index contributed by atoms with van der Waals surface area (Å²) < 4.78 is 18.2. The summed E-state index contributed by atoms with van der Waals surface area (Å²) in [5, 5.41) is 0.913. The molecule has 0 atom stereocenters. The van der Waals surface area contributed by atoms with Crippen molar-refractivity contribution >= 4 is 42.2 Å². The van der Waals surface area contributed by atoms with Crippen molar-refractivity contribution in [3.8, 4) is 0 Å². The average Bonchev–Trinajstić information content (AvgIpc) is 2.40. The van der Waals surface area contributed by atoms with E-state index in [0.717, 1.165) is 10.9 Å². The third-order valence-electron chi connectivity index (χ3n) is 3.27. The Kier molecular flexibility index (Phi) is 5.75. The lowest BCUT2D eigenvalue weighted by molar-refractivity contribution is 0.403. The van der Waals surface area contributed by atoms with E-state index >= 15 is 0 Å². The van der Waals surface area contributed by atoms with Crippen molar-refractivity contribution in [2.45, 2.75) is 45.8 Å². The summed E-state index contributed by atoms with van der Waals surface area (Å²) in [4.78, 5) is 11.8. The van der Waals surface area contributed by atoms with Crippen molar-refractivity contribution in [1.29, 1.82) is 0 Å². The monoisotopic (exact) mass is 392 g/mol. The molecule has 1 heterocycles. The van der Waals surface area contributed by atoms with E-state index in [9.17, 15) is 4.79 Å². The number of fused-ring (bicyclic) bond motifs is 1. The van der Waals surface area contributed by atoms with Gasteiger partial charge in [-0.3, -0.25) is 0 Å². The molecule has 2 rings (SSSR count). The van der Waals surface area contributed by atoms with Gasteiger partial charge in [0.2, 0.25) is 0 Å². The molecule has 1 aromatic carbocycles. The Morgan fingerprint density at radius 3 is 2.04 bits per heavy atom. The van der Waals surface area contributed by atoms with Crippen LogP contribution < -0.4 is 5.63 Å². The highest BCUT2D eigenvalue weighted by atomic mass is 28.5. The highest BCUT2D eigenvalue weighted by Crippen LogP contribution is 2.24. The van der Waals surface area contributed by atoms with Crippen LogP contribution in [0, 0.1) is 0 Å². The standard InChI is InChI=1S/C18H28O4Si3/c1-23(2,3)21-25(7,22-24(4,5)6)13-12-15-14-18(19)20-17-11-9-8-10-16(15)17/h8-14H,1-7H3/b13-12-. The quantitative estimate of drug-likeness (QED) is 0.505. The molecule has 2 aromatic rings. The van der Waals surface area contributed by atoms with E-state index in [1.165, 1.54) is 6.07 Å². The van der Waals surface area contributed by atoms with Gasteiger partial charge in [-0.05, 0) is 63.2 Å². The molecular weight excluding hydrogens is 364 g/mol. The highest BCUT2D eigenvalue weighted by molar-refractivity contribution is 6.90. The normalized spacial score (nSPS) is 13.7. The Morgan fingerprint density at radius 1 is 0.920 bits per heavy atom. The average molecular weight is 393 g/mol. The molecule has 0 aliphatic carbocycles. The fourth-order valence-corrected chi connectivity index (χ4v) is 14.1. The minimum Gasteiger partial charge on any atom is -0.434 e. The molecular formula is C18H28O4Si3. The van der Waals surface area contributed by atoms with Crippen molar-refractivity contribution in [2.24, 2.45) is 0 Å². The van der Waals surface area contributed by atoms with Gasteiger partial charge >= 0.3 is 14.2 Å². The Morgan fingerprint density at radius 2 is 1.48 bits per heavy atom. The topological polar surface area (TPSA) is 48.7 Å². The van der Waals surface area contributed by atoms with Gasteiger partial charge in [0, 0.05) is 11.5 Å². The van der Waals surface area contributed by atoms with Crippen LogP contribution in [0.25, 0.3) is 17.0 Å². The first-order valence-corrected chi connectivity index (χ1v) is 17.7. The molecule has 0 fully saturated rings. The molecule has 0 saturated carbocycles. The first kappa shape index (κ1) is 20.1. The lowest BCUT2D eigenvalue weighted by Crippen LogP contribution is -2.51. The van der Waals surface area contributed by atoms with Gasteiger partial charge in [0.05, 0.1) is 0 Å². The van der Waals surface area contributed by atoms with Gasteiger partial charge in [-0.25, -0.2) is 4.79 Å². The van der Waals surface area contributed by atoms with Crippen LogP contribution >= 0.6 is 0 Å². The molecule has 0 N–H and O–H groups in total. The summed E-state index contributed by atoms with van der Waals surface area (Å²) in [7, 11) is -6.03. The van der Waals surface area contributed by atoms with Gasteiger partial charge in [0.15, 0.2) is 16.6 Å². The van der Waals surface area contributed by atoms with Crippen LogP contribution in [-0.4, -0.2) is 25.2 Å². The van der Waals surface area contributed by atoms with Crippen LogP contribution in [0.3, 0.4) is 0 Å². The van der Waals surface area contributed by atoms with Gasteiger partial charge in [-0.15, -0.1) is 0 Å². The zero-order valence-corrected chi connectivity index (χ0v) is 19.2. The molecule has 25 heavy (non-hydrogen) atoms. The summed E-state index contributed by atoms with van der Waals surface area (Å²) in [6, 6.07) is 9.09. The lowest BCUT2D eigenvalue weighted by atomic mass is 10.1. The predicted molar refractivity (Wildman–Crippen MR) is 112 cm³/mol. The molecule has 0 unspecified atom stereocenters. The zero-order valence-electron chi connectivity index (χ0n) is 16.2. The van der Waals surface area contributed by atoms with Crippen LogP contribution in [-0.2, 0) is 8.23 Å². The molecule has 0 radical (unpaired) electrons. The number of rotatable bonds is 6. The maximum absolute atomic E-state index is 11.8. The molecule has 136 valence electrons. The number of hydrogen-bond donors (Lipinski definition) is 0. The van der Waals surface area contributed by atoms with Crippen LogP contribution in [0.4, 0.5) is 0 Å². The van der Waals surface area contributed by atoms with Crippen LogP contribution in [0.5, 0.6) is 0 Å². The Bertz CT molecular complexity index is 813. The van der Waals surface area contributed by atoms with E-state index in [4.69, 9.17) is 12.6 Å². The summed E-state index contributed by atoms with van der Waals surface area (Å²) in [5.74, 6) is 0. The molecule has 0 saturated heterocycles. The van der Waals surface area contributed by atoms with Gasteiger partial charge in [0.1, 0.15) is 5.58 Å². The molecule has 0 aliphatic rings. The second kappa shape index (κ2) is 7.16. The van der Waals surface area contributed by atoms with Gasteiger partial charge in [-0.2, -0.15) is 0 Å². The molecule has 7 heteroatoms. The van der Waals surface area contributed by atoms with E-state index in [1.807, 2.05) is 30.3 Å². The maximum atomic E-state index is 11.8. The minimum absolute atomic E-state index is 0.348. The summed E-state index contributed by atoms with van der Waals surface area (Å²) in [5.41, 5.74) is 3.14. The smallest absolute Gasteiger partial charge is 0.341 e. The summed E-state index contributed by atoms with van der Waals surface area (Å²) in [6.07, 6.45) is 1.96. The van der Waals surface area contributed by atoms with Gasteiger partial charge < -0.3 is 12.6 Å². The Hall–Kier alpha value is -1.26. The first-order chi connectivity index (χ1) is 11.4. The van der Waals surface area contributed by atoms with Crippen LogP contribution in [0.1, 0.15) is 5.56 Å². The van der Waals surface area contributed by atoms with E-state index in [0.29, 0.717) is 5.58 Å². The summed E-state index contributed by atoms with van der Waals surface area (Å²) in [6.45, 7) is 15.1. The van der Waals surface area contributed by atoms with Crippen LogP contribution in [0.2, 0.25) is 45.8 Å². The van der Waals surface area contributed by atoms with Crippen molar-refractivity contribution in [3.63, 3.8) is 0 Å². The predicted octanol–water partition coefficient (Wildman–Crippen LogP) is 5.12. The van der Waals surface area contributed by atoms with Crippen molar-refractivity contribution in [2.75, 3.05) is 0 Å². The second-order valence-electron chi connectivity index (χ2n) is 8.30. The molecule has 0 amide bonds. The molecule has 0 aliphatic heterocycles.